The number of hydrogen-bond donors (Lipinski definition) is 0. The molecule has 0 saturated heterocycles. The molecule has 0 fully saturated rings. The molecule has 0 amide bonds. The van der Waals surface area contributed by atoms with Crippen LogP contribution in [0.4, 0.5) is 0 Å². The van der Waals surface area contributed by atoms with Crippen LogP contribution < -0.4 is 0 Å². The maximum Gasteiger partial charge on any atom is 0.472 e. The van der Waals surface area contributed by atoms with Gasteiger partial charge in [-0.1, -0.05) is 25.0 Å². The Balaban J connectivity index is 2.22. The Morgan fingerprint density at radius 2 is 2.00 bits per heavy atom. The summed E-state index contributed by atoms with van der Waals surface area (Å²) in [5.74, 6) is 0. The van der Waals surface area contributed by atoms with E-state index < -0.39 is 0 Å². The van der Waals surface area contributed by atoms with E-state index in [1.54, 1.807) is 0 Å². The first kappa shape index (κ1) is 6.11. The van der Waals surface area contributed by atoms with Crippen molar-refractivity contribution in [3.63, 3.8) is 0 Å². The third kappa shape index (κ3) is 1.74. The van der Waals surface area contributed by atoms with Gasteiger partial charge < -0.3 is 12.9 Å². The lowest BCUT2D eigenvalue weighted by atomic mass is 10.3. The van der Waals surface area contributed by atoms with E-state index in [-0.39, 0.29) is 18.2 Å². The van der Waals surface area contributed by atoms with Crippen molar-refractivity contribution in [3.8, 4) is 0 Å². The molecule has 0 N–H and O–H groups in total. The molecule has 0 spiro atoms. The highest BCUT2D eigenvalue weighted by molar-refractivity contribution is 9.23. The zero-order valence-electron chi connectivity index (χ0n) is 4.23. The summed E-state index contributed by atoms with van der Waals surface area (Å²) >= 11 is 3.72. The van der Waals surface area contributed by atoms with Crippen molar-refractivity contribution in [2.75, 3.05) is 0 Å². The van der Waals surface area contributed by atoms with Gasteiger partial charge in [0.05, 0.1) is 0 Å². The second-order valence-electron chi connectivity index (χ2n) is 1.96. The van der Waals surface area contributed by atoms with Crippen LogP contribution in [0.1, 0.15) is 12.8 Å². The molecule has 2 heteroatoms. The number of hydrogen-bond acceptors (Lipinski definition) is 0. The van der Waals surface area contributed by atoms with Gasteiger partial charge in [-0.25, -0.2) is 0 Å². The van der Waals surface area contributed by atoms with E-state index in [4.69, 9.17) is 0 Å². The van der Waals surface area contributed by atoms with Gasteiger partial charge in [0.15, 0.2) is 0 Å². The third-order valence-electron chi connectivity index (χ3n) is 1.32. The predicted molar refractivity (Wildman–Crippen MR) is 36.8 cm³/mol. The summed E-state index contributed by atoms with van der Waals surface area (Å²) < 4.78 is 1.04. The van der Waals surface area contributed by atoms with E-state index in [2.05, 4.69) is 25.0 Å². The van der Waals surface area contributed by atoms with Crippen molar-refractivity contribution in [2.45, 2.75) is 16.9 Å². The highest BCUT2D eigenvalue weighted by Gasteiger charge is 2.09. The van der Waals surface area contributed by atoms with Crippen LogP contribution in [0, 0.1) is 0 Å². The molecule has 0 radical (unpaired) electrons. The topological polar surface area (TPSA) is 0 Å². The first-order chi connectivity index (χ1) is 3.43. The molecule has 1 rings (SSSR count). The lowest BCUT2D eigenvalue weighted by Gasteiger charge is -1.97. The summed E-state index contributed by atoms with van der Waals surface area (Å²) in [6.07, 6.45) is 7.27. The highest BCUT2D eigenvalue weighted by atomic mass is 79.9. The van der Waals surface area contributed by atoms with E-state index >= 15 is 0 Å². The van der Waals surface area contributed by atoms with E-state index in [0.29, 0.717) is 0 Å². The average Bonchev–Trinajstić information content (AvgIpc) is 2.14. The van der Waals surface area contributed by atoms with Crippen LogP contribution in [-0.4, -0.2) is 18.2 Å². The minimum atomic E-state index is 0.140. The Morgan fingerprint density at radius 3 is 2.29 bits per heavy atom. The monoisotopic (exact) mass is 170 g/mol. The third-order valence-corrected chi connectivity index (χ3v) is 5.17. The minimum Gasteiger partial charge on any atom is -0.306 e. The molecule has 1 aliphatic rings. The Bertz CT molecular complexity index is 72.1. The maximum atomic E-state index is 3.58. The summed E-state index contributed by atoms with van der Waals surface area (Å²) in [5.41, 5.74) is 0. The van der Waals surface area contributed by atoms with Gasteiger partial charge in [-0.3, -0.25) is 0 Å². The number of allylic oxidation sites excluding steroid dienone is 2. The maximum absolute atomic E-state index is 3.58. The Morgan fingerprint density at radius 1 is 1.43 bits per heavy atom. The molecule has 0 unspecified atom stereocenters. The fourth-order valence-corrected chi connectivity index (χ4v) is 3.02. The van der Waals surface area contributed by atoms with Crippen molar-refractivity contribution < 1.29 is 0 Å². The fraction of sp³-hybridized carbons (Fsp3) is 0.600. The SMILES string of the molecule is [Br][Mg][CH]1CC=CC1. The quantitative estimate of drug-likeness (QED) is 0.419. The van der Waals surface area contributed by atoms with Gasteiger partial charge in [0.25, 0.3) is 0 Å². The largest absolute Gasteiger partial charge is 0.472 e. The van der Waals surface area contributed by atoms with Crippen molar-refractivity contribution in [2.24, 2.45) is 0 Å². The van der Waals surface area contributed by atoms with E-state index in [1.165, 1.54) is 12.8 Å². The second kappa shape index (κ2) is 3.10. The minimum absolute atomic E-state index is 0.140. The summed E-state index contributed by atoms with van der Waals surface area (Å²) in [7, 11) is 0. The van der Waals surface area contributed by atoms with Gasteiger partial charge in [0.2, 0.25) is 0 Å². The van der Waals surface area contributed by atoms with E-state index in [9.17, 15) is 0 Å². The van der Waals surface area contributed by atoms with Crippen molar-refractivity contribution in [1.82, 2.24) is 0 Å². The highest BCUT2D eigenvalue weighted by Crippen LogP contribution is 2.23. The molecule has 0 atom stereocenters. The zero-order chi connectivity index (χ0) is 5.11. The Labute approximate surface area is 60.0 Å². The Kier molecular flexibility index (Phi) is 2.71. The molecule has 0 heterocycles. The fourth-order valence-electron chi connectivity index (χ4n) is 0.800. The normalized spacial score (nSPS) is 20.1. The van der Waals surface area contributed by atoms with Crippen LogP contribution in [0.25, 0.3) is 0 Å². The van der Waals surface area contributed by atoms with Crippen molar-refractivity contribution >= 4 is 31.1 Å². The molecule has 1 aliphatic carbocycles. The van der Waals surface area contributed by atoms with Gasteiger partial charge in [0.1, 0.15) is 0 Å². The van der Waals surface area contributed by atoms with Crippen LogP contribution in [0.5, 0.6) is 0 Å². The molecule has 0 aromatic carbocycles. The second-order valence-corrected chi connectivity index (χ2v) is 5.37. The molecule has 0 aliphatic heterocycles. The van der Waals surface area contributed by atoms with Crippen LogP contribution in [0.2, 0.25) is 4.05 Å². The molecule has 0 aromatic rings. The van der Waals surface area contributed by atoms with Gasteiger partial charge in [0, 0.05) is 0 Å². The van der Waals surface area contributed by atoms with Gasteiger partial charge >= 0.3 is 18.2 Å². The molecule has 36 valence electrons. The van der Waals surface area contributed by atoms with E-state index in [0.717, 1.165) is 4.05 Å². The molecule has 0 nitrogen and oxygen atoms in total. The molecule has 7 heavy (non-hydrogen) atoms. The predicted octanol–water partition coefficient (Wildman–Crippen LogP) is 2.14. The first-order valence-electron chi connectivity index (χ1n) is 2.64. The lowest BCUT2D eigenvalue weighted by molar-refractivity contribution is 0.920. The van der Waals surface area contributed by atoms with Crippen molar-refractivity contribution in [3.05, 3.63) is 12.2 Å². The standard InChI is InChI=1S/C5H7.BrH.Mg/c1-2-4-5-3-1;;/h1-2,5H,3-4H2;1H;/q;;+1/p-1. The smallest absolute Gasteiger partial charge is 0.306 e. The molecule has 0 aromatic heterocycles. The lowest BCUT2D eigenvalue weighted by Crippen LogP contribution is -1.88. The molecular formula is C5H7BrMg. The Hall–Kier alpha value is 0.986. The summed E-state index contributed by atoms with van der Waals surface area (Å²) in [4.78, 5) is 0. The summed E-state index contributed by atoms with van der Waals surface area (Å²) in [5, 5.41) is 0. The summed E-state index contributed by atoms with van der Waals surface area (Å²) in [6, 6.07) is 0. The molecule has 0 saturated carbocycles. The van der Waals surface area contributed by atoms with Crippen LogP contribution >= 0.6 is 12.9 Å². The average molecular weight is 171 g/mol. The number of rotatable bonds is 1. The van der Waals surface area contributed by atoms with Crippen LogP contribution in [0.15, 0.2) is 12.2 Å². The van der Waals surface area contributed by atoms with Crippen LogP contribution in [0.3, 0.4) is 0 Å². The van der Waals surface area contributed by atoms with Gasteiger partial charge in [-0.2, -0.15) is 0 Å². The number of halogens is 1. The summed E-state index contributed by atoms with van der Waals surface area (Å²) in [6.45, 7) is 0. The zero-order valence-corrected chi connectivity index (χ0v) is 7.23. The molecular weight excluding hydrogens is 164 g/mol. The molecule has 0 bridgehead atoms. The van der Waals surface area contributed by atoms with Crippen LogP contribution in [-0.2, 0) is 0 Å². The first-order valence-corrected chi connectivity index (χ1v) is 7.36. The van der Waals surface area contributed by atoms with E-state index in [1.807, 2.05) is 0 Å². The van der Waals surface area contributed by atoms with Crippen molar-refractivity contribution in [1.29, 1.82) is 0 Å². The van der Waals surface area contributed by atoms with Gasteiger partial charge in [-0.15, -0.1) is 4.05 Å². The van der Waals surface area contributed by atoms with Gasteiger partial charge in [-0.05, 0) is 0 Å².